The fourth-order valence-electron chi connectivity index (χ4n) is 3.93. The molecule has 1 saturated heterocycles. The minimum atomic E-state index is -0.785. The highest BCUT2D eigenvalue weighted by molar-refractivity contribution is 5.95. The third-order valence-corrected chi connectivity index (χ3v) is 5.52. The zero-order valence-corrected chi connectivity index (χ0v) is 23.1. The van der Waals surface area contributed by atoms with Gasteiger partial charge < -0.3 is 24.8 Å². The topological polar surface area (TPSA) is 106 Å². The Morgan fingerprint density at radius 3 is 2.24 bits per heavy atom. The molecule has 2 aromatic carbocycles. The largest absolute Gasteiger partial charge is 0.489 e. The molecule has 1 heterocycles. The molecule has 0 bridgehead atoms. The number of imide groups is 1. The van der Waals surface area contributed by atoms with E-state index in [-0.39, 0.29) is 19.2 Å². The van der Waals surface area contributed by atoms with Crippen molar-refractivity contribution in [2.75, 3.05) is 19.6 Å². The summed E-state index contributed by atoms with van der Waals surface area (Å²) in [5.74, 6) is 0.270. The van der Waals surface area contributed by atoms with Crippen molar-refractivity contribution in [3.8, 4) is 16.9 Å². The van der Waals surface area contributed by atoms with Crippen LogP contribution < -0.4 is 15.4 Å². The molecule has 38 heavy (non-hydrogen) atoms. The average molecular weight is 526 g/mol. The van der Waals surface area contributed by atoms with Gasteiger partial charge in [0, 0.05) is 26.1 Å². The Labute approximate surface area is 224 Å². The van der Waals surface area contributed by atoms with E-state index in [4.69, 9.17) is 14.2 Å². The van der Waals surface area contributed by atoms with Crippen LogP contribution in [-0.4, -0.2) is 66.0 Å². The van der Waals surface area contributed by atoms with Gasteiger partial charge in [0.2, 0.25) is 5.91 Å². The highest BCUT2D eigenvalue weighted by atomic mass is 16.6. The van der Waals surface area contributed by atoms with Gasteiger partial charge in [0.1, 0.15) is 23.1 Å². The molecule has 1 aliphatic rings. The SMILES string of the molecule is CC(C)(C)OC(=O)NCCN(C(=O)OC(C)(C)C)C(=O)[C@@H]1C[C@@H](Oc2cccc(-c3ccccc3)c2)CN1. The van der Waals surface area contributed by atoms with E-state index in [2.05, 4.69) is 10.6 Å². The van der Waals surface area contributed by atoms with Crippen molar-refractivity contribution in [3.63, 3.8) is 0 Å². The number of rotatable bonds is 7. The molecule has 0 spiro atoms. The first-order valence-electron chi connectivity index (χ1n) is 12.9. The van der Waals surface area contributed by atoms with Crippen molar-refractivity contribution in [3.05, 3.63) is 54.6 Å². The van der Waals surface area contributed by atoms with Crippen LogP contribution in [0, 0.1) is 0 Å². The second kappa shape index (κ2) is 12.3. The van der Waals surface area contributed by atoms with Gasteiger partial charge in [0.25, 0.3) is 0 Å². The Hall–Kier alpha value is -3.59. The van der Waals surface area contributed by atoms with E-state index in [0.717, 1.165) is 16.0 Å². The lowest BCUT2D eigenvalue weighted by molar-refractivity contribution is -0.132. The number of hydrogen-bond acceptors (Lipinski definition) is 7. The van der Waals surface area contributed by atoms with Crippen LogP contribution in [0.15, 0.2) is 54.6 Å². The van der Waals surface area contributed by atoms with Crippen LogP contribution in [0.1, 0.15) is 48.0 Å². The number of carbonyl (C=O) groups excluding carboxylic acids is 3. The maximum atomic E-state index is 13.4. The lowest BCUT2D eigenvalue weighted by Gasteiger charge is -2.28. The van der Waals surface area contributed by atoms with Gasteiger partial charge in [-0.1, -0.05) is 42.5 Å². The van der Waals surface area contributed by atoms with Crippen molar-refractivity contribution >= 4 is 18.1 Å². The number of alkyl carbamates (subject to hydrolysis) is 1. The number of amides is 3. The molecule has 0 saturated carbocycles. The highest BCUT2D eigenvalue weighted by Gasteiger charge is 2.37. The van der Waals surface area contributed by atoms with Crippen LogP contribution in [0.25, 0.3) is 11.1 Å². The molecule has 3 amide bonds. The van der Waals surface area contributed by atoms with Crippen molar-refractivity contribution in [1.82, 2.24) is 15.5 Å². The molecule has 206 valence electrons. The number of benzene rings is 2. The van der Waals surface area contributed by atoms with E-state index in [0.29, 0.717) is 18.7 Å². The summed E-state index contributed by atoms with van der Waals surface area (Å²) < 4.78 is 16.9. The predicted octanol–water partition coefficient (Wildman–Crippen LogP) is 4.75. The van der Waals surface area contributed by atoms with Crippen LogP contribution in [0.2, 0.25) is 0 Å². The molecule has 2 N–H and O–H groups in total. The molecule has 3 rings (SSSR count). The highest BCUT2D eigenvalue weighted by Crippen LogP contribution is 2.26. The number of carbonyl (C=O) groups is 3. The Balaban J connectivity index is 1.62. The van der Waals surface area contributed by atoms with Crippen molar-refractivity contribution in [2.45, 2.75) is 71.3 Å². The molecule has 0 unspecified atom stereocenters. The van der Waals surface area contributed by atoms with Gasteiger partial charge >= 0.3 is 12.2 Å². The quantitative estimate of drug-likeness (QED) is 0.537. The molecular formula is C29H39N3O6. The molecular weight excluding hydrogens is 486 g/mol. The summed E-state index contributed by atoms with van der Waals surface area (Å²) in [6.07, 6.45) is -1.27. The van der Waals surface area contributed by atoms with Crippen LogP contribution >= 0.6 is 0 Å². The van der Waals surface area contributed by atoms with Gasteiger partial charge in [0.15, 0.2) is 0 Å². The fraction of sp³-hybridized carbons (Fsp3) is 0.483. The normalized spacial score (nSPS) is 17.4. The molecule has 0 aliphatic carbocycles. The summed E-state index contributed by atoms with van der Waals surface area (Å²) in [4.78, 5) is 39.3. The van der Waals surface area contributed by atoms with Gasteiger partial charge in [0.05, 0.1) is 6.04 Å². The molecule has 0 radical (unpaired) electrons. The van der Waals surface area contributed by atoms with Crippen LogP contribution in [0.5, 0.6) is 5.75 Å². The summed E-state index contributed by atoms with van der Waals surface area (Å²) in [6, 6.07) is 17.2. The van der Waals surface area contributed by atoms with Gasteiger partial charge in [-0.2, -0.15) is 0 Å². The first-order chi connectivity index (χ1) is 17.8. The molecule has 2 aromatic rings. The van der Waals surface area contributed by atoms with Crippen molar-refractivity contribution in [2.24, 2.45) is 0 Å². The molecule has 1 fully saturated rings. The van der Waals surface area contributed by atoms with Crippen molar-refractivity contribution in [1.29, 1.82) is 0 Å². The van der Waals surface area contributed by atoms with E-state index in [1.807, 2.05) is 54.6 Å². The number of nitrogens with zero attached hydrogens (tertiary/aromatic N) is 1. The fourth-order valence-corrected chi connectivity index (χ4v) is 3.93. The second-order valence-corrected chi connectivity index (χ2v) is 11.2. The summed E-state index contributed by atoms with van der Waals surface area (Å²) in [7, 11) is 0. The minimum absolute atomic E-state index is 0.0266. The lowest BCUT2D eigenvalue weighted by atomic mass is 10.1. The maximum Gasteiger partial charge on any atom is 0.417 e. The zero-order valence-electron chi connectivity index (χ0n) is 23.1. The molecule has 2 atom stereocenters. The van der Waals surface area contributed by atoms with Crippen LogP contribution in [0.4, 0.5) is 9.59 Å². The summed E-state index contributed by atoms with van der Waals surface area (Å²) in [5, 5.41) is 5.75. The summed E-state index contributed by atoms with van der Waals surface area (Å²) in [6.45, 7) is 10.9. The standard InChI is InChI=1S/C29H39N3O6/c1-28(2,3)37-26(34)30-15-16-32(27(35)38-29(4,5)6)25(33)24-18-23(19-31-24)36-22-14-10-13-21(17-22)20-11-8-7-9-12-20/h7-14,17,23-24,31H,15-16,18-19H2,1-6H3,(H,30,34)/t23-,24+/m1/s1. The first-order valence-corrected chi connectivity index (χ1v) is 12.9. The molecule has 0 aromatic heterocycles. The maximum absolute atomic E-state index is 13.4. The Bertz CT molecular complexity index is 1110. The van der Waals surface area contributed by atoms with Crippen LogP contribution in [0.3, 0.4) is 0 Å². The predicted molar refractivity (Wildman–Crippen MR) is 145 cm³/mol. The van der Waals surface area contributed by atoms with Gasteiger partial charge in [-0.05, 0) is 64.8 Å². The van der Waals surface area contributed by atoms with Crippen molar-refractivity contribution < 1.29 is 28.6 Å². The summed E-state index contributed by atoms with van der Waals surface area (Å²) in [5.41, 5.74) is 0.680. The van der Waals surface area contributed by atoms with Gasteiger partial charge in [-0.25, -0.2) is 14.5 Å². The molecule has 9 heteroatoms. The second-order valence-electron chi connectivity index (χ2n) is 11.2. The number of hydrogen-bond donors (Lipinski definition) is 2. The molecule has 1 aliphatic heterocycles. The van der Waals surface area contributed by atoms with E-state index in [1.54, 1.807) is 41.5 Å². The Kier molecular flexibility index (Phi) is 9.38. The summed E-state index contributed by atoms with van der Waals surface area (Å²) >= 11 is 0. The van der Waals surface area contributed by atoms with Gasteiger partial charge in [-0.3, -0.25) is 4.79 Å². The van der Waals surface area contributed by atoms with Gasteiger partial charge in [-0.15, -0.1) is 0 Å². The first kappa shape index (κ1) is 29.0. The van der Waals surface area contributed by atoms with E-state index >= 15 is 0 Å². The minimum Gasteiger partial charge on any atom is -0.489 e. The monoisotopic (exact) mass is 525 g/mol. The number of ether oxygens (including phenoxy) is 3. The zero-order chi connectivity index (χ0) is 27.9. The third kappa shape index (κ3) is 9.06. The number of nitrogens with one attached hydrogen (secondary N) is 2. The van der Waals surface area contributed by atoms with E-state index < -0.39 is 35.3 Å². The lowest BCUT2D eigenvalue weighted by Crippen LogP contribution is -2.50. The average Bonchev–Trinajstić information content (AvgIpc) is 3.28. The van der Waals surface area contributed by atoms with E-state index in [1.165, 1.54) is 0 Å². The van der Waals surface area contributed by atoms with E-state index in [9.17, 15) is 14.4 Å². The Morgan fingerprint density at radius 2 is 1.58 bits per heavy atom. The molecule has 9 nitrogen and oxygen atoms in total. The smallest absolute Gasteiger partial charge is 0.417 e. The Morgan fingerprint density at radius 1 is 0.921 bits per heavy atom. The van der Waals surface area contributed by atoms with Crippen LogP contribution in [-0.2, 0) is 14.3 Å². The third-order valence-electron chi connectivity index (χ3n) is 5.52.